The molecule has 0 aliphatic rings. The van der Waals surface area contributed by atoms with Gasteiger partial charge in [0.1, 0.15) is 21.6 Å². The van der Waals surface area contributed by atoms with Crippen LogP contribution >= 0.6 is 0 Å². The second kappa shape index (κ2) is 13.1. The Hall–Kier alpha value is -0.214. The fourth-order valence-electron chi connectivity index (χ4n) is 2.89. The second-order valence-corrected chi connectivity index (χ2v) is 7.93. The van der Waals surface area contributed by atoms with Gasteiger partial charge in [-0.3, -0.25) is 0 Å². The van der Waals surface area contributed by atoms with Crippen molar-refractivity contribution in [3.05, 3.63) is 54.1 Å². The predicted molar refractivity (Wildman–Crippen MR) is 103 cm³/mol. The zero-order chi connectivity index (χ0) is 18.8. The molecule has 27 heavy (non-hydrogen) atoms. The van der Waals surface area contributed by atoms with Crippen LogP contribution in [-0.4, -0.2) is 13.0 Å². The van der Waals surface area contributed by atoms with Gasteiger partial charge in [0.15, 0.2) is 0 Å². The molecular formula is C21H27KO4S. The van der Waals surface area contributed by atoms with E-state index in [4.69, 9.17) is 4.74 Å². The normalized spacial score (nSPS) is 11.0. The topological polar surface area (TPSA) is 66.4 Å². The molecular weight excluding hydrogens is 387 g/mol. The summed E-state index contributed by atoms with van der Waals surface area (Å²) in [6.07, 6.45) is 9.03. The molecule has 2 aromatic rings. The quantitative estimate of drug-likeness (QED) is 0.322. The summed E-state index contributed by atoms with van der Waals surface area (Å²) < 4.78 is 40.1. The maximum Gasteiger partial charge on any atom is 1.00 e. The molecule has 0 spiro atoms. The van der Waals surface area contributed by atoms with E-state index in [1.54, 1.807) is 12.1 Å². The first-order valence-electron chi connectivity index (χ1n) is 9.32. The van der Waals surface area contributed by atoms with Crippen LogP contribution in [0.2, 0.25) is 0 Å². The van der Waals surface area contributed by atoms with Crippen LogP contribution < -0.4 is 56.1 Å². The minimum atomic E-state index is -4.52. The Kier molecular flexibility index (Phi) is 12.0. The standard InChI is InChI=1S/C21H28O4S.K/c1-2-3-4-5-6-7-9-12-18-15-20(17-21(16-18)26(22,23)24)25-19-13-10-8-11-14-19;/h8,10-11,13-17H,2-7,9,12H2,1H3,(H,22,23,24);/q;+1/p-1. The minimum Gasteiger partial charge on any atom is -0.744 e. The van der Waals surface area contributed by atoms with Gasteiger partial charge in [-0.05, 0) is 48.7 Å². The van der Waals surface area contributed by atoms with Crippen LogP contribution in [0.25, 0.3) is 0 Å². The number of rotatable bonds is 11. The second-order valence-electron chi connectivity index (χ2n) is 6.55. The van der Waals surface area contributed by atoms with E-state index in [-0.39, 0.29) is 56.3 Å². The average molecular weight is 415 g/mol. The van der Waals surface area contributed by atoms with Gasteiger partial charge < -0.3 is 9.29 Å². The Morgan fingerprint density at radius 2 is 1.48 bits per heavy atom. The van der Waals surface area contributed by atoms with Gasteiger partial charge in [-0.25, -0.2) is 8.42 Å². The first kappa shape index (κ1) is 24.8. The van der Waals surface area contributed by atoms with Gasteiger partial charge in [0, 0.05) is 0 Å². The zero-order valence-electron chi connectivity index (χ0n) is 16.3. The Bertz CT molecular complexity index is 776. The van der Waals surface area contributed by atoms with E-state index >= 15 is 0 Å². The summed E-state index contributed by atoms with van der Waals surface area (Å²) in [6, 6.07) is 13.7. The number of hydrogen-bond donors (Lipinski definition) is 0. The van der Waals surface area contributed by atoms with E-state index in [1.165, 1.54) is 44.2 Å². The van der Waals surface area contributed by atoms with Crippen molar-refractivity contribution in [2.75, 3.05) is 0 Å². The average Bonchev–Trinajstić information content (AvgIpc) is 2.61. The first-order valence-corrected chi connectivity index (χ1v) is 10.7. The van der Waals surface area contributed by atoms with Crippen LogP contribution in [0.15, 0.2) is 53.4 Å². The number of hydrogen-bond acceptors (Lipinski definition) is 4. The van der Waals surface area contributed by atoms with E-state index in [0.717, 1.165) is 24.8 Å². The maximum atomic E-state index is 11.5. The summed E-state index contributed by atoms with van der Waals surface area (Å²) in [4.78, 5) is -0.233. The summed E-state index contributed by atoms with van der Waals surface area (Å²) in [5.74, 6) is 0.987. The number of ether oxygens (including phenoxy) is 1. The third-order valence-electron chi connectivity index (χ3n) is 4.28. The smallest absolute Gasteiger partial charge is 0.744 e. The van der Waals surface area contributed by atoms with Gasteiger partial charge in [0.05, 0.1) is 4.90 Å². The van der Waals surface area contributed by atoms with Gasteiger partial charge >= 0.3 is 51.4 Å². The molecule has 4 nitrogen and oxygen atoms in total. The summed E-state index contributed by atoms with van der Waals surface area (Å²) in [6.45, 7) is 2.20. The summed E-state index contributed by atoms with van der Waals surface area (Å²) in [5.41, 5.74) is 0.821. The van der Waals surface area contributed by atoms with Crippen LogP contribution in [0.4, 0.5) is 0 Å². The third kappa shape index (κ3) is 9.70. The van der Waals surface area contributed by atoms with Crippen molar-refractivity contribution in [1.82, 2.24) is 0 Å². The predicted octanol–water partition coefficient (Wildman–Crippen LogP) is 2.68. The van der Waals surface area contributed by atoms with Crippen molar-refractivity contribution in [2.24, 2.45) is 0 Å². The van der Waals surface area contributed by atoms with Crippen LogP contribution in [0, 0.1) is 0 Å². The molecule has 0 aromatic heterocycles. The maximum absolute atomic E-state index is 11.5. The zero-order valence-corrected chi connectivity index (χ0v) is 20.3. The van der Waals surface area contributed by atoms with Crippen molar-refractivity contribution in [3.8, 4) is 11.5 Å². The molecule has 0 saturated carbocycles. The molecule has 0 aliphatic carbocycles. The number of benzene rings is 2. The first-order chi connectivity index (χ1) is 12.5. The molecule has 0 aliphatic heterocycles. The van der Waals surface area contributed by atoms with Gasteiger partial charge in [0.2, 0.25) is 0 Å². The summed E-state index contributed by atoms with van der Waals surface area (Å²) >= 11 is 0. The Morgan fingerprint density at radius 3 is 2.11 bits per heavy atom. The Morgan fingerprint density at radius 1 is 0.852 bits per heavy atom. The summed E-state index contributed by atoms with van der Waals surface area (Å²) in [5, 5.41) is 0. The largest absolute Gasteiger partial charge is 1.00 e. The number of para-hydroxylation sites is 1. The Balaban J connectivity index is 0.00000364. The molecule has 2 aromatic carbocycles. The van der Waals surface area contributed by atoms with Gasteiger partial charge in [0.25, 0.3) is 0 Å². The fraction of sp³-hybridized carbons (Fsp3) is 0.429. The SMILES string of the molecule is CCCCCCCCCc1cc(Oc2ccccc2)cc(S(=O)(=O)[O-])c1.[K+]. The molecule has 0 bridgehead atoms. The van der Waals surface area contributed by atoms with Crippen LogP contribution in [0.1, 0.15) is 57.4 Å². The van der Waals surface area contributed by atoms with E-state index in [2.05, 4.69) is 6.92 Å². The van der Waals surface area contributed by atoms with Crippen molar-refractivity contribution in [1.29, 1.82) is 0 Å². The third-order valence-corrected chi connectivity index (χ3v) is 5.09. The molecule has 0 heterocycles. The number of aryl methyl sites for hydroxylation is 1. The van der Waals surface area contributed by atoms with Gasteiger partial charge in [-0.15, -0.1) is 0 Å². The van der Waals surface area contributed by atoms with Crippen LogP contribution in [0.3, 0.4) is 0 Å². The molecule has 0 atom stereocenters. The van der Waals surface area contributed by atoms with Crippen LogP contribution in [-0.2, 0) is 16.5 Å². The number of unbranched alkanes of at least 4 members (excludes halogenated alkanes) is 6. The van der Waals surface area contributed by atoms with Crippen molar-refractivity contribution < 1.29 is 69.1 Å². The fourth-order valence-corrected chi connectivity index (χ4v) is 3.45. The molecule has 142 valence electrons. The van der Waals surface area contributed by atoms with Gasteiger partial charge in [-0.1, -0.05) is 63.6 Å². The molecule has 0 saturated heterocycles. The van der Waals surface area contributed by atoms with Crippen molar-refractivity contribution in [2.45, 2.75) is 63.2 Å². The molecule has 0 radical (unpaired) electrons. The molecule has 0 unspecified atom stereocenters. The van der Waals surface area contributed by atoms with Crippen molar-refractivity contribution >= 4 is 10.1 Å². The molecule has 0 N–H and O–H groups in total. The minimum absolute atomic E-state index is 0. The van der Waals surface area contributed by atoms with Crippen molar-refractivity contribution in [3.63, 3.8) is 0 Å². The summed E-state index contributed by atoms with van der Waals surface area (Å²) in [7, 11) is -4.52. The van der Waals surface area contributed by atoms with E-state index in [9.17, 15) is 13.0 Å². The molecule has 0 amide bonds. The molecule has 6 heteroatoms. The molecule has 2 rings (SSSR count). The van der Waals surface area contributed by atoms with Gasteiger partial charge in [-0.2, -0.15) is 0 Å². The van der Waals surface area contributed by atoms with E-state index in [1.807, 2.05) is 24.3 Å². The van der Waals surface area contributed by atoms with Crippen LogP contribution in [0.5, 0.6) is 11.5 Å². The van der Waals surface area contributed by atoms with E-state index in [0.29, 0.717) is 11.5 Å². The molecule has 0 fully saturated rings. The monoisotopic (exact) mass is 414 g/mol. The Labute approximate surface area is 205 Å². The van der Waals surface area contributed by atoms with E-state index < -0.39 is 10.1 Å².